The van der Waals surface area contributed by atoms with Gasteiger partial charge in [-0.05, 0) is 41.7 Å². The van der Waals surface area contributed by atoms with E-state index in [-0.39, 0.29) is 18.7 Å². The summed E-state index contributed by atoms with van der Waals surface area (Å²) in [5, 5.41) is 1.41. The molecule has 0 aliphatic carbocycles. The van der Waals surface area contributed by atoms with Crippen molar-refractivity contribution in [1.29, 1.82) is 0 Å². The van der Waals surface area contributed by atoms with Crippen molar-refractivity contribution in [1.82, 2.24) is 5.06 Å². The van der Waals surface area contributed by atoms with E-state index in [4.69, 9.17) is 9.57 Å². The third-order valence-corrected chi connectivity index (χ3v) is 5.28. The molecule has 0 amide bonds. The molecule has 1 aliphatic rings. The number of hydroxylamine groups is 2. The van der Waals surface area contributed by atoms with Crippen molar-refractivity contribution in [2.24, 2.45) is 0 Å². The molecule has 0 spiro atoms. The summed E-state index contributed by atoms with van der Waals surface area (Å²) in [5.41, 5.74) is 3.72. The van der Waals surface area contributed by atoms with Gasteiger partial charge in [0.2, 0.25) is 0 Å². The molecule has 0 N–H and O–H groups in total. The Labute approximate surface area is 172 Å². The minimum atomic E-state index is -0.684. The molecular formula is C24H29NO4. The Kier molecular flexibility index (Phi) is 7.42. The maximum absolute atomic E-state index is 11.9. The topological polar surface area (TPSA) is 55.8 Å². The van der Waals surface area contributed by atoms with Gasteiger partial charge in [-0.3, -0.25) is 9.59 Å². The van der Waals surface area contributed by atoms with Gasteiger partial charge in [-0.25, -0.2) is 0 Å². The summed E-state index contributed by atoms with van der Waals surface area (Å²) in [6.07, 6.45) is 6.17. The SMILES string of the molecule is CCCCCCc1ccccc1-c1ccc(ON2CC(=O)CC2C(=O)OC)cc1. The van der Waals surface area contributed by atoms with Crippen LogP contribution in [0.1, 0.15) is 44.6 Å². The first-order chi connectivity index (χ1) is 14.1. The smallest absolute Gasteiger partial charge is 0.327 e. The lowest BCUT2D eigenvalue weighted by Crippen LogP contribution is -2.39. The van der Waals surface area contributed by atoms with Crippen LogP contribution in [0.3, 0.4) is 0 Å². The molecular weight excluding hydrogens is 366 g/mol. The van der Waals surface area contributed by atoms with Gasteiger partial charge in [0.15, 0.2) is 11.8 Å². The van der Waals surface area contributed by atoms with Crippen LogP contribution in [0.25, 0.3) is 11.1 Å². The summed E-state index contributed by atoms with van der Waals surface area (Å²) in [4.78, 5) is 29.4. The van der Waals surface area contributed by atoms with Gasteiger partial charge in [-0.1, -0.05) is 62.6 Å². The Hall–Kier alpha value is -2.66. The van der Waals surface area contributed by atoms with Crippen LogP contribution in [0.2, 0.25) is 0 Å². The van der Waals surface area contributed by atoms with Crippen molar-refractivity contribution in [3.8, 4) is 16.9 Å². The van der Waals surface area contributed by atoms with E-state index in [2.05, 4.69) is 31.2 Å². The third-order valence-electron chi connectivity index (χ3n) is 5.28. The fourth-order valence-electron chi connectivity index (χ4n) is 3.69. The third kappa shape index (κ3) is 5.45. The number of carbonyl (C=O) groups is 2. The van der Waals surface area contributed by atoms with Gasteiger partial charge < -0.3 is 9.57 Å². The Morgan fingerprint density at radius 3 is 2.55 bits per heavy atom. The molecule has 2 aromatic carbocycles. The van der Waals surface area contributed by atoms with Gasteiger partial charge in [-0.2, -0.15) is 0 Å². The van der Waals surface area contributed by atoms with E-state index in [0.29, 0.717) is 5.75 Å². The van der Waals surface area contributed by atoms with Crippen LogP contribution in [0.15, 0.2) is 48.5 Å². The molecule has 2 aromatic rings. The highest BCUT2D eigenvalue weighted by Gasteiger charge is 2.38. The Balaban J connectivity index is 1.69. The lowest BCUT2D eigenvalue weighted by molar-refractivity contribution is -0.158. The predicted octanol–water partition coefficient (Wildman–Crippen LogP) is 4.59. The van der Waals surface area contributed by atoms with Crippen molar-refractivity contribution in [3.63, 3.8) is 0 Å². The van der Waals surface area contributed by atoms with Crippen LogP contribution in [-0.2, 0) is 20.7 Å². The minimum absolute atomic E-state index is 0.0333. The van der Waals surface area contributed by atoms with E-state index in [1.165, 1.54) is 49.0 Å². The maximum Gasteiger partial charge on any atom is 0.327 e. The van der Waals surface area contributed by atoms with Crippen molar-refractivity contribution < 1.29 is 19.2 Å². The zero-order chi connectivity index (χ0) is 20.6. The highest BCUT2D eigenvalue weighted by Crippen LogP contribution is 2.28. The lowest BCUT2D eigenvalue weighted by Gasteiger charge is -2.21. The number of Topliss-reactive ketones (excluding diaryl/α,β-unsaturated/α-hetero) is 1. The number of carbonyl (C=O) groups excluding carboxylic acids is 2. The molecule has 0 saturated carbocycles. The Morgan fingerprint density at radius 2 is 1.83 bits per heavy atom. The lowest BCUT2D eigenvalue weighted by atomic mass is 9.96. The fourth-order valence-corrected chi connectivity index (χ4v) is 3.69. The van der Waals surface area contributed by atoms with Crippen LogP contribution in [0, 0.1) is 0 Å². The zero-order valence-electron chi connectivity index (χ0n) is 17.2. The molecule has 1 unspecified atom stereocenters. The summed E-state index contributed by atoms with van der Waals surface area (Å²) in [6, 6.07) is 15.6. The average molecular weight is 395 g/mol. The maximum atomic E-state index is 11.9. The average Bonchev–Trinajstić information content (AvgIpc) is 3.11. The van der Waals surface area contributed by atoms with Gasteiger partial charge in [0.05, 0.1) is 13.7 Å². The standard InChI is InChI=1S/C24H29NO4/c1-3-4-5-6-9-18-10-7-8-11-22(18)19-12-14-21(15-13-19)29-25-17-20(26)16-23(25)24(27)28-2/h7-8,10-15,23H,3-6,9,16-17H2,1-2H3. The molecule has 1 saturated heterocycles. The minimum Gasteiger partial charge on any atom is -0.468 e. The van der Waals surface area contributed by atoms with Gasteiger partial charge in [0, 0.05) is 6.42 Å². The Morgan fingerprint density at radius 1 is 1.07 bits per heavy atom. The molecule has 0 aromatic heterocycles. The van der Waals surface area contributed by atoms with E-state index in [1.807, 2.05) is 24.3 Å². The highest BCUT2D eigenvalue weighted by atomic mass is 16.7. The number of ketones is 1. The first kappa shape index (κ1) is 21.1. The molecule has 29 heavy (non-hydrogen) atoms. The summed E-state index contributed by atoms with van der Waals surface area (Å²) in [6.45, 7) is 2.31. The molecule has 1 aliphatic heterocycles. The van der Waals surface area contributed by atoms with E-state index in [0.717, 1.165) is 12.0 Å². The summed E-state index contributed by atoms with van der Waals surface area (Å²) in [7, 11) is 1.32. The molecule has 154 valence electrons. The van der Waals surface area contributed by atoms with E-state index in [9.17, 15) is 9.59 Å². The van der Waals surface area contributed by atoms with Gasteiger partial charge >= 0.3 is 5.97 Å². The summed E-state index contributed by atoms with van der Waals surface area (Å²) >= 11 is 0. The predicted molar refractivity (Wildman–Crippen MR) is 112 cm³/mol. The molecule has 1 atom stereocenters. The van der Waals surface area contributed by atoms with Crippen LogP contribution in [0.5, 0.6) is 5.75 Å². The number of methoxy groups -OCH3 is 1. The highest BCUT2D eigenvalue weighted by molar-refractivity contribution is 5.90. The number of hydrogen-bond acceptors (Lipinski definition) is 5. The van der Waals surface area contributed by atoms with Crippen LogP contribution < -0.4 is 4.84 Å². The molecule has 0 radical (unpaired) electrons. The number of aryl methyl sites for hydroxylation is 1. The number of benzene rings is 2. The van der Waals surface area contributed by atoms with Crippen LogP contribution in [-0.4, -0.2) is 36.5 Å². The molecule has 0 bridgehead atoms. The molecule has 1 fully saturated rings. The largest absolute Gasteiger partial charge is 0.468 e. The van der Waals surface area contributed by atoms with Gasteiger partial charge in [0.1, 0.15) is 5.75 Å². The van der Waals surface area contributed by atoms with Crippen LogP contribution in [0.4, 0.5) is 0 Å². The number of nitrogens with zero attached hydrogens (tertiary/aromatic N) is 1. The number of rotatable bonds is 9. The van der Waals surface area contributed by atoms with Crippen molar-refractivity contribution in [2.45, 2.75) is 51.5 Å². The van der Waals surface area contributed by atoms with E-state index < -0.39 is 12.0 Å². The summed E-state index contributed by atoms with van der Waals surface area (Å²) < 4.78 is 4.78. The fraction of sp³-hybridized carbons (Fsp3) is 0.417. The van der Waals surface area contributed by atoms with Crippen molar-refractivity contribution >= 4 is 11.8 Å². The van der Waals surface area contributed by atoms with Crippen molar-refractivity contribution in [3.05, 3.63) is 54.1 Å². The second-order valence-corrected chi connectivity index (χ2v) is 7.44. The summed E-state index contributed by atoms with van der Waals surface area (Å²) in [5.74, 6) is 0.108. The monoisotopic (exact) mass is 395 g/mol. The zero-order valence-corrected chi connectivity index (χ0v) is 17.2. The number of unbranched alkanes of at least 4 members (excludes halogenated alkanes) is 3. The molecule has 3 rings (SSSR count). The molecule has 5 heteroatoms. The van der Waals surface area contributed by atoms with Gasteiger partial charge in [-0.15, -0.1) is 5.06 Å². The second-order valence-electron chi connectivity index (χ2n) is 7.44. The number of ether oxygens (including phenoxy) is 1. The van der Waals surface area contributed by atoms with Gasteiger partial charge in [0.25, 0.3) is 0 Å². The number of esters is 1. The first-order valence-corrected chi connectivity index (χ1v) is 10.3. The van der Waals surface area contributed by atoms with E-state index >= 15 is 0 Å². The quantitative estimate of drug-likeness (QED) is 0.459. The normalized spacial score (nSPS) is 16.8. The first-order valence-electron chi connectivity index (χ1n) is 10.3. The van der Waals surface area contributed by atoms with Crippen LogP contribution >= 0.6 is 0 Å². The van der Waals surface area contributed by atoms with Crippen molar-refractivity contribution in [2.75, 3.05) is 13.7 Å². The second kappa shape index (κ2) is 10.2. The Bertz CT molecular complexity index is 831. The molecule has 1 heterocycles. The molecule has 5 nitrogen and oxygen atoms in total. The van der Waals surface area contributed by atoms with E-state index in [1.54, 1.807) is 0 Å². The number of hydrogen-bond donors (Lipinski definition) is 0.